The number of amides is 2. The Labute approximate surface area is 234 Å². The van der Waals surface area contributed by atoms with Crippen molar-refractivity contribution in [1.82, 2.24) is 10.6 Å². The normalized spacial score (nSPS) is 12.7. The quantitative estimate of drug-likeness (QED) is 0.122. The van der Waals surface area contributed by atoms with Crippen LogP contribution in [0.4, 0.5) is 4.79 Å². The van der Waals surface area contributed by atoms with Crippen molar-refractivity contribution in [2.24, 2.45) is 5.92 Å². The third-order valence-electron chi connectivity index (χ3n) is 5.07. The first-order valence-electron chi connectivity index (χ1n) is 11.3. The van der Waals surface area contributed by atoms with Crippen LogP contribution in [0, 0.1) is 12.8 Å². The van der Waals surface area contributed by atoms with Crippen LogP contribution < -0.4 is 10.6 Å². The zero-order valence-electron chi connectivity index (χ0n) is 21.1. The van der Waals surface area contributed by atoms with Gasteiger partial charge in [-0.25, -0.2) is 14.4 Å². The molecule has 1 aromatic rings. The monoisotopic (exact) mass is 610 g/mol. The van der Waals surface area contributed by atoms with Crippen LogP contribution in [0.25, 0.3) is 0 Å². The fourth-order valence-corrected chi connectivity index (χ4v) is 3.95. The van der Waals surface area contributed by atoms with Crippen LogP contribution in [0.1, 0.15) is 44.2 Å². The number of aromatic hydroxyl groups is 1. The Kier molecular flexibility index (Phi) is 17.3. The minimum atomic E-state index is -4.41. The molecule has 3 atom stereocenters. The number of benzene rings is 1. The van der Waals surface area contributed by atoms with Gasteiger partial charge in [-0.3, -0.25) is 18.9 Å². The first-order chi connectivity index (χ1) is 18.3. The molecule has 17 nitrogen and oxygen atoms in total. The highest BCUT2D eigenvalue weighted by Gasteiger charge is 2.28. The molecule has 10 N–H and O–H groups in total. The Morgan fingerprint density at radius 2 is 1.29 bits per heavy atom. The molecule has 2 amide bonds. The lowest BCUT2D eigenvalue weighted by molar-refractivity contribution is -0.143. The molecule has 1 aromatic carbocycles. The smallest absolute Gasteiger partial charge is 0.326 e. The van der Waals surface area contributed by atoms with E-state index < -0.39 is 80.5 Å². The van der Waals surface area contributed by atoms with Crippen molar-refractivity contribution in [2.45, 2.75) is 58.5 Å². The van der Waals surface area contributed by atoms with Crippen molar-refractivity contribution in [3.63, 3.8) is 0 Å². The van der Waals surface area contributed by atoms with Crippen LogP contribution in [0.5, 0.6) is 5.75 Å². The van der Waals surface area contributed by atoms with Gasteiger partial charge in [0.05, 0.1) is 12.1 Å². The summed E-state index contributed by atoms with van der Waals surface area (Å²) < 4.78 is 10.5. The molecule has 0 spiro atoms. The summed E-state index contributed by atoms with van der Waals surface area (Å²) in [5.74, 6) is -7.83. The fraction of sp³-hybridized carbons (Fsp3) is 0.478. The molecule has 0 saturated heterocycles. The Bertz CT molecular complexity index is 1130. The third-order valence-corrected chi connectivity index (χ3v) is 5.99. The molecule has 41 heavy (non-hydrogen) atoms. The lowest BCUT2D eigenvalue weighted by atomic mass is 10.0. The van der Waals surface area contributed by atoms with Gasteiger partial charge >= 0.3 is 43.5 Å². The first kappa shape index (κ1) is 38.9. The van der Waals surface area contributed by atoms with Crippen molar-refractivity contribution in [3.8, 4) is 5.75 Å². The average molecular weight is 611 g/mol. The van der Waals surface area contributed by atoms with Crippen LogP contribution >= 0.6 is 7.60 Å². The summed E-state index contributed by atoms with van der Waals surface area (Å²) in [6, 6.07) is 0.633. The third kappa shape index (κ3) is 17.9. The maximum atomic E-state index is 11.9. The summed E-state index contributed by atoms with van der Waals surface area (Å²) in [5, 5.41) is 57.3. The molecule has 0 aliphatic carbocycles. The number of carboxylic acid groups (broad SMARTS) is 5. The summed E-state index contributed by atoms with van der Waals surface area (Å²) in [6.07, 6.45) is -2.42. The van der Waals surface area contributed by atoms with E-state index in [0.29, 0.717) is 11.1 Å². The van der Waals surface area contributed by atoms with Crippen LogP contribution in [0.3, 0.4) is 0 Å². The van der Waals surface area contributed by atoms with E-state index in [0.717, 1.165) is 0 Å². The van der Waals surface area contributed by atoms with Crippen LogP contribution in [0.15, 0.2) is 18.2 Å². The van der Waals surface area contributed by atoms with Gasteiger partial charge in [-0.1, -0.05) is 19.6 Å². The van der Waals surface area contributed by atoms with Crippen LogP contribution in [-0.2, 0) is 35.0 Å². The summed E-state index contributed by atoms with van der Waals surface area (Å²) in [6.45, 7) is 1.63. The van der Waals surface area contributed by atoms with Gasteiger partial charge in [0.15, 0.2) is 0 Å². The second kappa shape index (κ2) is 18.2. The predicted molar refractivity (Wildman–Crippen MR) is 140 cm³/mol. The van der Waals surface area contributed by atoms with E-state index in [4.69, 9.17) is 30.2 Å². The molecule has 0 bridgehead atoms. The standard InChI is InChI=1S/C16H20N2O8.C6H11O7P.CH4/c1-8-6-9(2-4-12(8)19)7-11(15(24)25)18-16(26)17-10(14(22)23)3-5-13(20)21;7-5(8)2-1-4(6(9)10)3-14(11,12)13;/h2,4,6,10-11,19H,3,5,7H2,1H3,(H,20,21)(H,22,23)(H,24,25)(H2,17,18,26);4H,1-3H2,(H,7,8)(H,9,10)(H2,11,12,13);1H4/t10-,11-;;/m0../s1. The van der Waals surface area contributed by atoms with Gasteiger partial charge in [-0.2, -0.15) is 0 Å². The maximum Gasteiger partial charge on any atom is 0.326 e. The molecule has 0 heterocycles. The highest BCUT2D eigenvalue weighted by Crippen LogP contribution is 2.38. The summed E-state index contributed by atoms with van der Waals surface area (Å²) in [7, 11) is -4.41. The Morgan fingerprint density at radius 1 is 0.805 bits per heavy atom. The number of rotatable bonds is 15. The molecule has 18 heteroatoms. The number of nitrogens with one attached hydrogen (secondary N) is 2. The molecule has 0 aliphatic heterocycles. The Hall–Kier alpha value is -4.21. The van der Waals surface area contributed by atoms with E-state index in [9.17, 15) is 43.5 Å². The molecule has 0 radical (unpaired) electrons. The summed E-state index contributed by atoms with van der Waals surface area (Å²) in [5.41, 5.74) is 1.09. The number of hydrogen-bond donors (Lipinski definition) is 10. The number of phenols is 1. The zero-order valence-corrected chi connectivity index (χ0v) is 22.0. The number of aliphatic carboxylic acids is 5. The van der Waals surface area contributed by atoms with E-state index in [2.05, 4.69) is 5.32 Å². The Balaban J connectivity index is 0. The fourth-order valence-electron chi connectivity index (χ4n) is 3.04. The van der Waals surface area contributed by atoms with Crippen molar-refractivity contribution in [1.29, 1.82) is 0 Å². The van der Waals surface area contributed by atoms with Crippen molar-refractivity contribution in [2.75, 3.05) is 6.16 Å². The molecular weight excluding hydrogens is 575 g/mol. The van der Waals surface area contributed by atoms with Crippen molar-refractivity contribution in [3.05, 3.63) is 29.3 Å². The lowest BCUT2D eigenvalue weighted by Gasteiger charge is -2.18. The number of carbonyl (C=O) groups excluding carboxylic acids is 1. The number of carboxylic acids is 5. The van der Waals surface area contributed by atoms with Gasteiger partial charge in [0.1, 0.15) is 17.8 Å². The van der Waals surface area contributed by atoms with Gasteiger partial charge in [0.2, 0.25) is 0 Å². The van der Waals surface area contributed by atoms with Crippen LogP contribution in [0.2, 0.25) is 0 Å². The molecule has 1 unspecified atom stereocenters. The minimum absolute atomic E-state index is 0. The van der Waals surface area contributed by atoms with E-state index in [-0.39, 0.29) is 32.4 Å². The SMILES string of the molecule is C.Cc1cc(C[C@H](NC(=O)N[C@@H](CCC(=O)O)C(=O)O)C(=O)O)ccc1O.O=C(O)CCC(CP(=O)(O)O)C(=O)O. The molecule has 0 aromatic heterocycles. The largest absolute Gasteiger partial charge is 0.508 e. The van der Waals surface area contributed by atoms with Gasteiger partial charge in [-0.15, -0.1) is 0 Å². The van der Waals surface area contributed by atoms with Gasteiger partial charge in [0, 0.05) is 19.3 Å². The molecule has 232 valence electrons. The van der Waals surface area contributed by atoms with E-state index in [1.54, 1.807) is 13.0 Å². The van der Waals surface area contributed by atoms with Crippen LogP contribution in [-0.4, -0.2) is 94.5 Å². The van der Waals surface area contributed by atoms with E-state index >= 15 is 0 Å². The molecule has 1 rings (SSSR count). The number of carbonyl (C=O) groups is 6. The molecule has 0 fully saturated rings. The van der Waals surface area contributed by atoms with Crippen molar-refractivity contribution >= 4 is 43.5 Å². The van der Waals surface area contributed by atoms with E-state index in [1.165, 1.54) is 12.1 Å². The lowest BCUT2D eigenvalue weighted by Crippen LogP contribution is -2.51. The number of urea groups is 1. The molecule has 0 aliphatic rings. The first-order valence-corrected chi connectivity index (χ1v) is 13.1. The second-order valence-corrected chi connectivity index (χ2v) is 10.2. The molecule has 0 saturated carbocycles. The highest BCUT2D eigenvalue weighted by molar-refractivity contribution is 7.51. The summed E-state index contributed by atoms with van der Waals surface area (Å²) in [4.78, 5) is 82.4. The van der Waals surface area contributed by atoms with Gasteiger partial charge in [-0.05, 0) is 37.0 Å². The maximum absolute atomic E-state index is 11.9. The number of hydrogen-bond acceptors (Lipinski definition) is 8. The Morgan fingerprint density at radius 3 is 1.71 bits per heavy atom. The zero-order chi connectivity index (χ0) is 31.2. The second-order valence-electron chi connectivity index (χ2n) is 8.47. The number of aryl methyl sites for hydroxylation is 1. The number of phenolic OH excluding ortho intramolecular Hbond substituents is 1. The molecular formula is C23H35N2O15P. The highest BCUT2D eigenvalue weighted by atomic mass is 31.2. The van der Waals surface area contributed by atoms with Gasteiger partial charge < -0.3 is 51.1 Å². The van der Waals surface area contributed by atoms with Gasteiger partial charge in [0.25, 0.3) is 0 Å². The van der Waals surface area contributed by atoms with E-state index in [1.807, 2.05) is 5.32 Å². The van der Waals surface area contributed by atoms with Crippen molar-refractivity contribution < 1.29 is 73.8 Å². The topological polar surface area (TPSA) is 305 Å². The summed E-state index contributed by atoms with van der Waals surface area (Å²) >= 11 is 0. The average Bonchev–Trinajstić information content (AvgIpc) is 2.80. The minimum Gasteiger partial charge on any atom is -0.508 e. The predicted octanol–water partition coefficient (Wildman–Crippen LogP) is 0.679.